The summed E-state index contributed by atoms with van der Waals surface area (Å²) in [7, 11) is 0. The lowest BCUT2D eigenvalue weighted by Gasteiger charge is -2.55. The molecule has 0 bridgehead atoms. The minimum atomic E-state index is -0.714. The summed E-state index contributed by atoms with van der Waals surface area (Å²) in [5, 5.41) is 90.1. The van der Waals surface area contributed by atoms with E-state index in [9.17, 15) is 0 Å². The largest absolute Gasteiger partial charge is 0.465 e. The van der Waals surface area contributed by atoms with Crippen molar-refractivity contribution in [1.82, 2.24) is 5.32 Å². The van der Waals surface area contributed by atoms with Gasteiger partial charge in [-0.1, -0.05) is 0 Å². The smallest absolute Gasteiger partial charge is 0.324 e. The molecule has 1 unspecified atom stereocenters. The SMILES string of the molecule is CCOC(=O)C1NC(C)(C)C23c4c5c6c7c8c9c(c%10c%11c2c2c4c4c%12c5c5c6c6c8c8c%13c9c9c%10c%10c%11c%11c2c2c4c4c%12c%12c5c5c6c8c6c8c%13c9c9c%10c%10c%11c2c2c4c4c%12c5c6c5c8c9c%10c2c45)C713. The molecule has 0 amide bonds. The number of carbonyl (C=O) groups excluding carboxylic acids is 1. The molecule has 0 aromatic heterocycles. The van der Waals surface area contributed by atoms with Gasteiger partial charge in [-0.15, -0.1) is 0 Å². The fourth-order valence-electron chi connectivity index (χ4n) is 26.0. The first-order valence-electron chi connectivity index (χ1n) is 26.3. The van der Waals surface area contributed by atoms with Crippen LogP contribution in [0.25, 0.3) is 291 Å². The Morgan fingerprint density at radius 2 is 0.486 bits per heavy atom. The van der Waals surface area contributed by atoms with E-state index in [1.54, 1.807) is 280 Å². The molecule has 33 rings (SSSR count). The summed E-state index contributed by atoms with van der Waals surface area (Å²) in [6.45, 7) is 7.48. The molecule has 1 aliphatic heterocycles. The highest BCUT2D eigenvalue weighted by atomic mass is 16.5. The Morgan fingerprint density at radius 1 is 0.314 bits per heavy atom. The van der Waals surface area contributed by atoms with E-state index in [0.717, 1.165) is 0 Å². The minimum Gasteiger partial charge on any atom is -0.465 e. The quantitative estimate of drug-likeness (QED) is 0.139. The molecule has 5 aliphatic rings. The summed E-state index contributed by atoms with van der Waals surface area (Å²) >= 11 is 0. The molecule has 2 spiro atoms. The number of carbonyl (C=O) groups is 1. The number of esters is 1. The standard InChI is InChI=1S/C67H13NO2/c1-4-70-64(69)63-66-59-51-43-33-23-15-7-5-6-9-13-11(7)19-27-21(13)31-25-17(9)18-10(6)14-12-8(5)16(15)24-30-20(12)28-22(14)32-26(18)36-35(25)47-41(31)49-39(27)45(37(43)29(19)23)53(59)55(49)61-57(47)58-48(36)42(32)50-40(28)46-38(30)44(34(24)33)52(51)60(66)54(46)56(50)62(58)67(61,66)65(2,3)68-63/h63,68H,4H2,1-3H3. The lowest BCUT2D eigenvalue weighted by Crippen LogP contribution is -2.60. The molecule has 1 saturated heterocycles. The Labute approximate surface area is 381 Å². The Morgan fingerprint density at radius 3 is 0.671 bits per heavy atom. The average molecular weight is 864 g/mol. The second-order valence-electron chi connectivity index (χ2n) is 26.3. The first-order valence-corrected chi connectivity index (χ1v) is 26.3. The molecule has 1 fully saturated rings. The highest BCUT2D eigenvalue weighted by Crippen LogP contribution is 2.86. The summed E-state index contributed by atoms with van der Waals surface area (Å²) in [6, 6.07) is -0.557. The zero-order chi connectivity index (χ0) is 42.3. The zero-order valence-corrected chi connectivity index (χ0v) is 36.6. The summed E-state index contributed by atoms with van der Waals surface area (Å²) in [5.74, 6) is -0.0649. The predicted octanol–water partition coefficient (Wildman–Crippen LogP) is 16.6. The maximum Gasteiger partial charge on any atom is 0.324 e. The summed E-state index contributed by atoms with van der Waals surface area (Å²) < 4.78 is 6.56. The molecule has 3 nitrogen and oxygen atoms in total. The molecule has 1 heterocycles. The maximum absolute atomic E-state index is 16.0. The van der Waals surface area contributed by atoms with Crippen LogP contribution in [0, 0.1) is 0 Å². The van der Waals surface area contributed by atoms with Crippen LogP contribution in [0.4, 0.5) is 0 Å². The highest BCUT2D eigenvalue weighted by Gasteiger charge is 2.81. The van der Waals surface area contributed by atoms with E-state index in [2.05, 4.69) is 19.2 Å². The lowest BCUT2D eigenvalue weighted by molar-refractivity contribution is -0.146. The van der Waals surface area contributed by atoms with E-state index < -0.39 is 22.4 Å². The van der Waals surface area contributed by atoms with Gasteiger partial charge in [0, 0.05) is 5.54 Å². The van der Waals surface area contributed by atoms with Gasteiger partial charge >= 0.3 is 5.97 Å². The number of hydrogen-bond acceptors (Lipinski definition) is 3. The van der Waals surface area contributed by atoms with Crippen molar-refractivity contribution in [3.05, 3.63) is 22.3 Å². The summed E-state index contributed by atoms with van der Waals surface area (Å²) in [5.41, 5.74) is 4.40. The van der Waals surface area contributed by atoms with Crippen LogP contribution in [-0.2, 0) is 20.4 Å². The van der Waals surface area contributed by atoms with Crippen molar-refractivity contribution >= 4 is 297 Å². The number of ether oxygens (including phenoxy) is 1. The van der Waals surface area contributed by atoms with Gasteiger partial charge in [-0.05, 0) is 334 Å². The Kier molecular flexibility index (Phi) is 2.23. The van der Waals surface area contributed by atoms with Gasteiger partial charge in [0.15, 0.2) is 0 Å². The van der Waals surface area contributed by atoms with Crippen molar-refractivity contribution < 1.29 is 9.53 Å². The Hall–Kier alpha value is -8.11. The molecule has 28 aromatic rings. The van der Waals surface area contributed by atoms with Gasteiger partial charge in [0.05, 0.1) is 17.4 Å². The van der Waals surface area contributed by atoms with Crippen LogP contribution in [0.3, 0.4) is 0 Å². The van der Waals surface area contributed by atoms with Crippen molar-refractivity contribution in [2.45, 2.75) is 43.2 Å². The Balaban J connectivity index is 1.21. The Bertz CT molecular complexity index is 7040. The van der Waals surface area contributed by atoms with Crippen molar-refractivity contribution in [2.75, 3.05) is 6.61 Å². The van der Waals surface area contributed by atoms with Crippen molar-refractivity contribution in [2.24, 2.45) is 0 Å². The van der Waals surface area contributed by atoms with E-state index in [1.807, 2.05) is 6.92 Å². The first kappa shape index (κ1) is 26.6. The first-order chi connectivity index (χ1) is 34.6. The third-order valence-electron chi connectivity index (χ3n) is 25.8. The molecule has 298 valence electrons. The van der Waals surface area contributed by atoms with Gasteiger partial charge in [0.1, 0.15) is 6.04 Å². The molecule has 70 heavy (non-hydrogen) atoms. The number of nitrogens with one attached hydrogen (secondary N) is 1. The van der Waals surface area contributed by atoms with Crippen LogP contribution in [0.1, 0.15) is 43.0 Å². The lowest BCUT2D eigenvalue weighted by atomic mass is 9.44. The third-order valence-corrected chi connectivity index (χ3v) is 25.8. The second kappa shape index (κ2) is 5.87. The van der Waals surface area contributed by atoms with Gasteiger partial charge in [0.2, 0.25) is 0 Å². The summed E-state index contributed by atoms with van der Waals surface area (Å²) in [4.78, 5) is 16.0. The monoisotopic (exact) mass is 863 g/mol. The highest BCUT2D eigenvalue weighted by molar-refractivity contribution is 6.82. The molecular weight excluding hydrogens is 851 g/mol. The molecular formula is C67H13NO2. The number of hydrogen-bond donors (Lipinski definition) is 1. The van der Waals surface area contributed by atoms with Gasteiger partial charge in [0.25, 0.3) is 0 Å². The molecule has 0 saturated carbocycles. The number of benzene rings is 18. The molecule has 4 aliphatic carbocycles. The van der Waals surface area contributed by atoms with E-state index in [4.69, 9.17) is 4.74 Å². The van der Waals surface area contributed by atoms with Crippen LogP contribution < -0.4 is 5.32 Å². The van der Waals surface area contributed by atoms with Gasteiger partial charge in [-0.2, -0.15) is 0 Å². The van der Waals surface area contributed by atoms with Crippen molar-refractivity contribution in [3.8, 4) is 0 Å². The van der Waals surface area contributed by atoms with Gasteiger partial charge in [-0.25, -0.2) is 0 Å². The zero-order valence-electron chi connectivity index (χ0n) is 36.6. The van der Waals surface area contributed by atoms with Crippen LogP contribution >= 0.6 is 0 Å². The molecule has 3 heteroatoms. The normalized spacial score (nSPS) is 24.4. The third kappa shape index (κ3) is 1.35. The van der Waals surface area contributed by atoms with Crippen LogP contribution in [0.15, 0.2) is 0 Å². The predicted molar refractivity (Wildman–Crippen MR) is 292 cm³/mol. The second-order valence-corrected chi connectivity index (χ2v) is 26.3. The molecule has 0 radical (unpaired) electrons. The van der Waals surface area contributed by atoms with E-state index in [-0.39, 0.29) is 5.97 Å². The fourth-order valence-corrected chi connectivity index (χ4v) is 26.0. The maximum atomic E-state index is 16.0. The number of rotatable bonds is 2. The molecule has 1 atom stereocenters. The molecule has 1 N–H and O–H groups in total. The van der Waals surface area contributed by atoms with Crippen LogP contribution in [-0.4, -0.2) is 24.2 Å². The van der Waals surface area contributed by atoms with Gasteiger partial charge in [-0.3, -0.25) is 10.1 Å². The fraction of sp³-hybridized carbons (Fsp3) is 0.119. The van der Waals surface area contributed by atoms with E-state index >= 15 is 4.79 Å². The topological polar surface area (TPSA) is 38.3 Å². The van der Waals surface area contributed by atoms with Crippen LogP contribution in [0.2, 0.25) is 0 Å². The summed E-state index contributed by atoms with van der Waals surface area (Å²) in [6.07, 6.45) is 0. The molecule has 28 aromatic carbocycles. The van der Waals surface area contributed by atoms with E-state index in [1.165, 1.54) is 32.7 Å². The average Bonchev–Trinajstić information content (AvgIpc) is 4.25. The van der Waals surface area contributed by atoms with Crippen molar-refractivity contribution in [3.63, 3.8) is 0 Å². The minimum absolute atomic E-state index is 0.0649. The van der Waals surface area contributed by atoms with Crippen molar-refractivity contribution in [1.29, 1.82) is 0 Å². The van der Waals surface area contributed by atoms with Gasteiger partial charge < -0.3 is 4.74 Å². The van der Waals surface area contributed by atoms with Crippen LogP contribution in [0.5, 0.6) is 0 Å². The van der Waals surface area contributed by atoms with E-state index in [0.29, 0.717) is 6.61 Å².